The molecule has 44 heavy (non-hydrogen) atoms. The molecule has 11 heteroatoms. The molecule has 1 fully saturated rings. The van der Waals surface area contributed by atoms with E-state index in [4.69, 9.17) is 15.2 Å². The van der Waals surface area contributed by atoms with Crippen LogP contribution in [0.5, 0.6) is 0 Å². The Hall–Kier alpha value is -4.41. The molecule has 0 atom stereocenters. The zero-order valence-electron chi connectivity index (χ0n) is 26.2. The number of alkyl carbamates (subject to hydrolysis) is 2. The van der Waals surface area contributed by atoms with Crippen LogP contribution >= 0.6 is 0 Å². The summed E-state index contributed by atoms with van der Waals surface area (Å²) < 4.78 is 10.6. The topological polar surface area (TPSA) is 148 Å². The van der Waals surface area contributed by atoms with E-state index in [1.54, 1.807) is 6.20 Å². The van der Waals surface area contributed by atoms with E-state index in [1.807, 2.05) is 69.0 Å². The number of pyridine rings is 1. The predicted molar refractivity (Wildman–Crippen MR) is 170 cm³/mol. The smallest absolute Gasteiger partial charge is 0.407 e. The van der Waals surface area contributed by atoms with Gasteiger partial charge >= 0.3 is 12.2 Å². The minimum Gasteiger partial charge on any atom is -0.446 e. The van der Waals surface area contributed by atoms with E-state index in [0.717, 1.165) is 42.4 Å². The van der Waals surface area contributed by atoms with Crippen molar-refractivity contribution in [3.8, 4) is 11.1 Å². The molecule has 0 bridgehead atoms. The van der Waals surface area contributed by atoms with Crippen molar-refractivity contribution in [2.75, 3.05) is 19.6 Å². The van der Waals surface area contributed by atoms with Gasteiger partial charge in [0.05, 0.1) is 17.9 Å². The number of fused-ring (bicyclic) bond motifs is 1. The predicted octanol–water partition coefficient (Wildman–Crippen LogP) is 5.46. The number of nitrogens with zero attached hydrogens (tertiary/aromatic N) is 3. The molecule has 1 aromatic carbocycles. The molecule has 1 aromatic heterocycles. The summed E-state index contributed by atoms with van der Waals surface area (Å²) >= 11 is 0. The molecule has 2 heterocycles. The SMILES string of the molecule is CCCN(CCCNC(=O)OC1CCC1)C(=O)C1=Cc2ccc(-c3ccc(CNC(=O)OC(C)(C)C)nc3)cc2N=C(N)C1. The Morgan fingerprint density at radius 1 is 1.05 bits per heavy atom. The summed E-state index contributed by atoms with van der Waals surface area (Å²) in [6.45, 7) is 9.26. The van der Waals surface area contributed by atoms with Crippen LogP contribution in [0.25, 0.3) is 17.2 Å². The maximum Gasteiger partial charge on any atom is 0.407 e. The standard InChI is InChI=1S/C33H44N6O5/c1-5-15-39(16-7-14-35-31(41)43-27-8-6-9-27)30(40)25-17-23-11-10-22(18-28(23)38-29(34)19-25)24-12-13-26(36-20-24)21-37-32(42)44-33(2,3)4/h10-13,17-18,20,27H,5-9,14-16,19,21H2,1-4H3,(H2,34,38)(H,35,41)(H,37,42). The first-order chi connectivity index (χ1) is 21.0. The molecule has 1 saturated carbocycles. The van der Waals surface area contributed by atoms with Gasteiger partial charge in [-0.2, -0.15) is 0 Å². The number of amides is 3. The third-order valence-corrected chi connectivity index (χ3v) is 7.22. The molecule has 2 aliphatic rings. The van der Waals surface area contributed by atoms with E-state index in [0.29, 0.717) is 48.8 Å². The minimum absolute atomic E-state index is 0.0402. The number of aliphatic imine (C=N–C) groups is 1. The van der Waals surface area contributed by atoms with Crippen LogP contribution < -0.4 is 16.4 Å². The Morgan fingerprint density at radius 3 is 2.48 bits per heavy atom. The highest BCUT2D eigenvalue weighted by Gasteiger charge is 2.23. The van der Waals surface area contributed by atoms with E-state index in [2.05, 4.69) is 20.6 Å². The van der Waals surface area contributed by atoms with Gasteiger partial charge in [0.25, 0.3) is 0 Å². The third kappa shape index (κ3) is 9.55. The van der Waals surface area contributed by atoms with Crippen molar-refractivity contribution in [2.24, 2.45) is 10.7 Å². The van der Waals surface area contributed by atoms with E-state index < -0.39 is 17.8 Å². The van der Waals surface area contributed by atoms with Crippen LogP contribution in [0.4, 0.5) is 15.3 Å². The van der Waals surface area contributed by atoms with Crippen molar-refractivity contribution < 1.29 is 23.9 Å². The number of rotatable bonds is 11. The van der Waals surface area contributed by atoms with Crippen LogP contribution in [-0.2, 0) is 20.8 Å². The zero-order valence-corrected chi connectivity index (χ0v) is 26.2. The van der Waals surface area contributed by atoms with E-state index >= 15 is 0 Å². The lowest BCUT2D eigenvalue weighted by atomic mass is 9.96. The molecule has 0 unspecified atom stereocenters. The van der Waals surface area contributed by atoms with E-state index in [1.165, 1.54) is 0 Å². The molecule has 236 valence electrons. The van der Waals surface area contributed by atoms with Gasteiger partial charge in [-0.3, -0.25) is 9.78 Å². The molecule has 0 spiro atoms. The summed E-state index contributed by atoms with van der Waals surface area (Å²) in [5.41, 5.74) is 10.3. The van der Waals surface area contributed by atoms with Crippen LogP contribution in [0.15, 0.2) is 47.1 Å². The normalized spacial score (nSPS) is 14.6. The first-order valence-corrected chi connectivity index (χ1v) is 15.3. The summed E-state index contributed by atoms with van der Waals surface area (Å²) in [6.07, 6.45) is 7.40. The van der Waals surface area contributed by atoms with Gasteiger partial charge in [0.1, 0.15) is 17.5 Å². The number of hydrogen-bond donors (Lipinski definition) is 3. The number of hydrogen-bond acceptors (Lipinski definition) is 8. The van der Waals surface area contributed by atoms with Gasteiger partial charge in [0, 0.05) is 49.0 Å². The van der Waals surface area contributed by atoms with Crippen molar-refractivity contribution in [1.29, 1.82) is 0 Å². The molecule has 1 aliphatic heterocycles. The highest BCUT2D eigenvalue weighted by molar-refractivity contribution is 6.05. The van der Waals surface area contributed by atoms with Gasteiger partial charge < -0.3 is 30.7 Å². The summed E-state index contributed by atoms with van der Waals surface area (Å²) in [4.78, 5) is 48.4. The molecule has 11 nitrogen and oxygen atoms in total. The number of amidine groups is 1. The zero-order chi connectivity index (χ0) is 31.7. The number of carbonyl (C=O) groups is 3. The maximum absolute atomic E-state index is 13.6. The monoisotopic (exact) mass is 604 g/mol. The number of aromatic nitrogens is 1. The molecule has 2 aromatic rings. The Balaban J connectivity index is 1.38. The highest BCUT2D eigenvalue weighted by Crippen LogP contribution is 2.32. The van der Waals surface area contributed by atoms with Crippen LogP contribution in [0, 0.1) is 0 Å². The second-order valence-electron chi connectivity index (χ2n) is 12.1. The number of nitrogens with two attached hydrogens (primary N) is 1. The second-order valence-corrected chi connectivity index (χ2v) is 12.1. The molecule has 0 radical (unpaired) electrons. The Kier molecular flexibility index (Phi) is 11.0. The molecule has 0 saturated heterocycles. The van der Waals surface area contributed by atoms with Crippen LogP contribution in [0.1, 0.15) is 77.5 Å². The highest BCUT2D eigenvalue weighted by atomic mass is 16.6. The number of benzene rings is 1. The summed E-state index contributed by atoms with van der Waals surface area (Å²) in [5, 5.41) is 5.50. The number of carbonyl (C=O) groups excluding carboxylic acids is 3. The van der Waals surface area contributed by atoms with Gasteiger partial charge in [0.2, 0.25) is 5.91 Å². The Labute approximate surface area is 259 Å². The number of nitrogens with one attached hydrogen (secondary N) is 2. The van der Waals surface area contributed by atoms with Crippen LogP contribution in [-0.4, -0.2) is 65.2 Å². The maximum atomic E-state index is 13.6. The fraction of sp³-hybridized carbons (Fsp3) is 0.485. The molecule has 3 amide bonds. The van der Waals surface area contributed by atoms with E-state index in [-0.39, 0.29) is 25.0 Å². The minimum atomic E-state index is -0.568. The van der Waals surface area contributed by atoms with Crippen LogP contribution in [0.3, 0.4) is 0 Å². The second kappa shape index (κ2) is 14.9. The van der Waals surface area contributed by atoms with Crippen molar-refractivity contribution in [3.05, 3.63) is 53.4 Å². The quantitative estimate of drug-likeness (QED) is 0.289. The Morgan fingerprint density at radius 2 is 1.82 bits per heavy atom. The first kappa shape index (κ1) is 32.5. The lowest BCUT2D eigenvalue weighted by Gasteiger charge is -2.25. The lowest BCUT2D eigenvalue weighted by molar-refractivity contribution is -0.127. The van der Waals surface area contributed by atoms with Gasteiger partial charge in [-0.15, -0.1) is 0 Å². The molecular formula is C33H44N6O5. The molecule has 4 N–H and O–H groups in total. The fourth-order valence-electron chi connectivity index (χ4n) is 4.81. The van der Waals surface area contributed by atoms with Gasteiger partial charge in [-0.1, -0.05) is 25.1 Å². The lowest BCUT2D eigenvalue weighted by Crippen LogP contribution is -2.37. The van der Waals surface area contributed by atoms with E-state index in [9.17, 15) is 14.4 Å². The third-order valence-electron chi connectivity index (χ3n) is 7.22. The van der Waals surface area contributed by atoms with Crippen molar-refractivity contribution >= 4 is 35.7 Å². The van der Waals surface area contributed by atoms with Gasteiger partial charge in [0.15, 0.2) is 0 Å². The Bertz CT molecular complexity index is 1390. The van der Waals surface area contributed by atoms with Crippen LogP contribution in [0.2, 0.25) is 0 Å². The molecular weight excluding hydrogens is 560 g/mol. The average Bonchev–Trinajstić information content (AvgIpc) is 3.12. The summed E-state index contributed by atoms with van der Waals surface area (Å²) in [5.74, 6) is 0.276. The fourth-order valence-corrected chi connectivity index (χ4v) is 4.81. The van der Waals surface area contributed by atoms with Gasteiger partial charge in [-0.05, 0) is 76.6 Å². The first-order valence-electron chi connectivity index (χ1n) is 15.3. The number of ether oxygens (including phenoxy) is 2. The van der Waals surface area contributed by atoms with Crippen molar-refractivity contribution in [3.63, 3.8) is 0 Å². The summed E-state index contributed by atoms with van der Waals surface area (Å²) in [7, 11) is 0. The van der Waals surface area contributed by atoms with Crippen molar-refractivity contribution in [2.45, 2.75) is 84.5 Å². The average molecular weight is 605 g/mol. The largest absolute Gasteiger partial charge is 0.446 e. The van der Waals surface area contributed by atoms with Crippen molar-refractivity contribution in [1.82, 2.24) is 20.5 Å². The molecule has 4 rings (SSSR count). The van der Waals surface area contributed by atoms with Gasteiger partial charge in [-0.25, -0.2) is 14.6 Å². The summed E-state index contributed by atoms with van der Waals surface area (Å²) in [6, 6.07) is 9.60. The molecule has 1 aliphatic carbocycles.